The van der Waals surface area contributed by atoms with E-state index in [1.807, 2.05) is 24.3 Å². The summed E-state index contributed by atoms with van der Waals surface area (Å²) in [5.74, 6) is -0.195. The number of amides is 1. The standard InChI is InChI=1S/C15H13NO2/c1-10(2)15(18)16-14-6-5-12-7-11(9-17)3-4-13(12)8-14/h3-9H,1H2,2H3,(H,16,18). The summed E-state index contributed by atoms with van der Waals surface area (Å²) in [7, 11) is 0. The van der Waals surface area contributed by atoms with Gasteiger partial charge in [0, 0.05) is 16.8 Å². The maximum absolute atomic E-state index is 11.5. The topological polar surface area (TPSA) is 46.2 Å². The number of nitrogens with one attached hydrogen (secondary N) is 1. The van der Waals surface area contributed by atoms with Gasteiger partial charge in [0.2, 0.25) is 0 Å². The zero-order chi connectivity index (χ0) is 13.1. The lowest BCUT2D eigenvalue weighted by atomic mass is 10.1. The van der Waals surface area contributed by atoms with Crippen molar-refractivity contribution >= 4 is 28.7 Å². The minimum absolute atomic E-state index is 0.195. The van der Waals surface area contributed by atoms with Crippen LogP contribution in [0.2, 0.25) is 0 Å². The molecule has 0 aliphatic heterocycles. The first-order chi connectivity index (χ1) is 8.60. The van der Waals surface area contributed by atoms with E-state index in [9.17, 15) is 9.59 Å². The van der Waals surface area contributed by atoms with E-state index in [4.69, 9.17) is 0 Å². The van der Waals surface area contributed by atoms with Crippen molar-refractivity contribution in [2.24, 2.45) is 0 Å². The van der Waals surface area contributed by atoms with Gasteiger partial charge in [0.15, 0.2) is 0 Å². The molecule has 1 N–H and O–H groups in total. The van der Waals surface area contributed by atoms with Crippen LogP contribution < -0.4 is 5.32 Å². The first-order valence-corrected chi connectivity index (χ1v) is 5.56. The Balaban J connectivity index is 2.36. The number of hydrogen-bond donors (Lipinski definition) is 1. The van der Waals surface area contributed by atoms with Gasteiger partial charge in [-0.05, 0) is 35.9 Å². The highest BCUT2D eigenvalue weighted by Gasteiger charge is 2.03. The number of carbonyl (C=O) groups is 2. The summed E-state index contributed by atoms with van der Waals surface area (Å²) >= 11 is 0. The lowest BCUT2D eigenvalue weighted by Gasteiger charge is -2.06. The molecule has 90 valence electrons. The van der Waals surface area contributed by atoms with Crippen LogP contribution in [0.15, 0.2) is 48.6 Å². The van der Waals surface area contributed by atoms with Crippen molar-refractivity contribution < 1.29 is 9.59 Å². The van der Waals surface area contributed by atoms with Crippen molar-refractivity contribution in [3.63, 3.8) is 0 Å². The van der Waals surface area contributed by atoms with Gasteiger partial charge in [-0.15, -0.1) is 0 Å². The summed E-state index contributed by atoms with van der Waals surface area (Å²) in [5, 5.41) is 4.69. The van der Waals surface area contributed by atoms with Gasteiger partial charge in [0.1, 0.15) is 6.29 Å². The van der Waals surface area contributed by atoms with Gasteiger partial charge in [-0.1, -0.05) is 24.8 Å². The van der Waals surface area contributed by atoms with Crippen molar-refractivity contribution in [1.29, 1.82) is 0 Å². The van der Waals surface area contributed by atoms with Gasteiger partial charge >= 0.3 is 0 Å². The van der Waals surface area contributed by atoms with Crippen LogP contribution in [0.5, 0.6) is 0 Å². The molecule has 2 aromatic carbocycles. The largest absolute Gasteiger partial charge is 0.322 e. The molecule has 0 saturated carbocycles. The molecule has 1 amide bonds. The number of carbonyl (C=O) groups excluding carboxylic acids is 2. The third kappa shape index (κ3) is 2.46. The van der Waals surface area contributed by atoms with Crippen LogP contribution in [0.4, 0.5) is 5.69 Å². The highest BCUT2D eigenvalue weighted by Crippen LogP contribution is 2.20. The minimum atomic E-state index is -0.195. The predicted molar refractivity (Wildman–Crippen MR) is 72.8 cm³/mol. The third-order valence-corrected chi connectivity index (χ3v) is 2.65. The zero-order valence-corrected chi connectivity index (χ0v) is 10.1. The lowest BCUT2D eigenvalue weighted by Crippen LogP contribution is -2.11. The van der Waals surface area contributed by atoms with Crippen molar-refractivity contribution in [2.45, 2.75) is 6.92 Å². The van der Waals surface area contributed by atoms with Crippen LogP contribution in [-0.2, 0) is 4.79 Å². The van der Waals surface area contributed by atoms with E-state index in [1.165, 1.54) is 0 Å². The van der Waals surface area contributed by atoms with Crippen LogP contribution in [-0.4, -0.2) is 12.2 Å². The molecule has 2 rings (SSSR count). The number of anilines is 1. The van der Waals surface area contributed by atoms with Crippen LogP contribution in [0.1, 0.15) is 17.3 Å². The molecule has 0 aliphatic carbocycles. The maximum atomic E-state index is 11.5. The molecule has 0 unspecified atom stereocenters. The molecular formula is C15H13NO2. The van der Waals surface area contributed by atoms with Crippen LogP contribution in [0.3, 0.4) is 0 Å². The Hall–Kier alpha value is -2.42. The van der Waals surface area contributed by atoms with Crippen molar-refractivity contribution in [2.75, 3.05) is 5.32 Å². The van der Waals surface area contributed by atoms with Crippen molar-refractivity contribution in [3.8, 4) is 0 Å². The van der Waals surface area contributed by atoms with Gasteiger partial charge in [0.25, 0.3) is 5.91 Å². The Morgan fingerprint density at radius 1 is 1.17 bits per heavy atom. The molecule has 2 aromatic rings. The second kappa shape index (κ2) is 4.84. The predicted octanol–water partition coefficient (Wildman–Crippen LogP) is 3.17. The van der Waals surface area contributed by atoms with Gasteiger partial charge < -0.3 is 5.32 Å². The van der Waals surface area contributed by atoms with Gasteiger partial charge in [-0.25, -0.2) is 0 Å². The molecule has 0 fully saturated rings. The number of aldehydes is 1. The molecule has 0 aromatic heterocycles. The van der Waals surface area contributed by atoms with E-state index < -0.39 is 0 Å². The summed E-state index contributed by atoms with van der Waals surface area (Å²) in [6.45, 7) is 5.24. The quantitative estimate of drug-likeness (QED) is 0.660. The highest BCUT2D eigenvalue weighted by atomic mass is 16.1. The molecular weight excluding hydrogens is 226 g/mol. The number of hydrogen-bond acceptors (Lipinski definition) is 2. The fourth-order valence-electron chi connectivity index (χ4n) is 1.65. The molecule has 3 nitrogen and oxygen atoms in total. The van der Waals surface area contributed by atoms with Crippen LogP contribution >= 0.6 is 0 Å². The van der Waals surface area contributed by atoms with Gasteiger partial charge in [0.05, 0.1) is 0 Å². The molecule has 0 atom stereocenters. The molecule has 0 aliphatic rings. The molecule has 0 bridgehead atoms. The fourth-order valence-corrected chi connectivity index (χ4v) is 1.65. The lowest BCUT2D eigenvalue weighted by molar-refractivity contribution is -0.112. The number of fused-ring (bicyclic) bond motifs is 1. The summed E-state index contributed by atoms with van der Waals surface area (Å²) in [4.78, 5) is 22.2. The Kier molecular flexibility index (Phi) is 3.24. The summed E-state index contributed by atoms with van der Waals surface area (Å²) < 4.78 is 0. The minimum Gasteiger partial charge on any atom is -0.322 e. The SMILES string of the molecule is C=C(C)C(=O)Nc1ccc2cc(C=O)ccc2c1. The normalized spacial score (nSPS) is 10.1. The molecule has 18 heavy (non-hydrogen) atoms. The van der Waals surface area contributed by atoms with Crippen molar-refractivity contribution in [1.82, 2.24) is 0 Å². The van der Waals surface area contributed by atoms with E-state index in [2.05, 4.69) is 11.9 Å². The Morgan fingerprint density at radius 3 is 2.50 bits per heavy atom. The summed E-state index contributed by atoms with van der Waals surface area (Å²) in [6.07, 6.45) is 0.816. The molecule has 3 heteroatoms. The average Bonchev–Trinajstić information content (AvgIpc) is 2.37. The Labute approximate surface area is 105 Å². The first kappa shape index (κ1) is 12.0. The Bertz CT molecular complexity index is 644. The Morgan fingerprint density at radius 2 is 1.83 bits per heavy atom. The smallest absolute Gasteiger partial charge is 0.250 e. The summed E-state index contributed by atoms with van der Waals surface area (Å²) in [6, 6.07) is 11.0. The van der Waals surface area contributed by atoms with E-state index in [0.717, 1.165) is 17.1 Å². The van der Waals surface area contributed by atoms with Gasteiger partial charge in [-0.2, -0.15) is 0 Å². The third-order valence-electron chi connectivity index (χ3n) is 2.65. The number of benzene rings is 2. The second-order valence-corrected chi connectivity index (χ2v) is 4.17. The van der Waals surface area contributed by atoms with E-state index in [1.54, 1.807) is 19.1 Å². The average molecular weight is 239 g/mol. The molecule has 0 spiro atoms. The summed E-state index contributed by atoms with van der Waals surface area (Å²) in [5.41, 5.74) is 1.82. The molecule has 0 saturated heterocycles. The molecule has 0 radical (unpaired) electrons. The van der Waals surface area contributed by atoms with Gasteiger partial charge in [-0.3, -0.25) is 9.59 Å². The van der Waals surface area contributed by atoms with Crippen molar-refractivity contribution in [3.05, 3.63) is 54.1 Å². The second-order valence-electron chi connectivity index (χ2n) is 4.17. The van der Waals surface area contributed by atoms with E-state index in [0.29, 0.717) is 16.8 Å². The van der Waals surface area contributed by atoms with Crippen LogP contribution in [0, 0.1) is 0 Å². The maximum Gasteiger partial charge on any atom is 0.250 e. The zero-order valence-electron chi connectivity index (χ0n) is 10.1. The molecule has 0 heterocycles. The first-order valence-electron chi connectivity index (χ1n) is 5.56. The fraction of sp³-hybridized carbons (Fsp3) is 0.0667. The monoisotopic (exact) mass is 239 g/mol. The van der Waals surface area contributed by atoms with E-state index >= 15 is 0 Å². The highest BCUT2D eigenvalue weighted by molar-refractivity contribution is 6.04. The van der Waals surface area contributed by atoms with Crippen LogP contribution in [0.25, 0.3) is 10.8 Å². The number of rotatable bonds is 3. The van der Waals surface area contributed by atoms with E-state index in [-0.39, 0.29) is 5.91 Å².